The molecule has 0 saturated carbocycles. The van der Waals surface area contributed by atoms with Crippen molar-refractivity contribution in [3.8, 4) is 5.69 Å². The zero-order chi connectivity index (χ0) is 15.9. The first-order valence-electron chi connectivity index (χ1n) is 7.69. The third-order valence-corrected chi connectivity index (χ3v) is 4.53. The van der Waals surface area contributed by atoms with Gasteiger partial charge in [0.15, 0.2) is 0 Å². The topological polar surface area (TPSA) is 29.9 Å². The van der Waals surface area contributed by atoms with Crippen LogP contribution in [0.1, 0.15) is 44.9 Å². The first-order chi connectivity index (χ1) is 10.4. The third kappa shape index (κ3) is 2.84. The molecule has 0 bridgehead atoms. The predicted octanol–water partition coefficient (Wildman–Crippen LogP) is 5.22. The molecule has 0 spiro atoms. The second-order valence-electron chi connectivity index (χ2n) is 6.82. The van der Waals surface area contributed by atoms with Gasteiger partial charge in [0.25, 0.3) is 0 Å². The second-order valence-corrected chi connectivity index (χ2v) is 7.66. The van der Waals surface area contributed by atoms with Gasteiger partial charge in [-0.3, -0.25) is 0 Å². The summed E-state index contributed by atoms with van der Waals surface area (Å²) in [5, 5.41) is 9.73. The monoisotopic (exact) mass is 337 g/mol. The van der Waals surface area contributed by atoms with Crippen molar-refractivity contribution in [2.75, 3.05) is 11.9 Å². The summed E-state index contributed by atoms with van der Waals surface area (Å²) in [7, 11) is 0. The van der Waals surface area contributed by atoms with Crippen molar-refractivity contribution in [2.45, 2.75) is 45.4 Å². The Bertz CT molecular complexity index is 699. The Hall–Kier alpha value is -1.19. The van der Waals surface area contributed by atoms with E-state index in [1.165, 1.54) is 18.4 Å². The average molecular weight is 338 g/mol. The number of nitrogens with zero attached hydrogens (tertiary/aromatic N) is 2. The quantitative estimate of drug-likeness (QED) is 0.772. The highest BCUT2D eigenvalue weighted by Crippen LogP contribution is 2.36. The van der Waals surface area contributed by atoms with E-state index in [0.29, 0.717) is 10.0 Å². The summed E-state index contributed by atoms with van der Waals surface area (Å²) in [5.41, 5.74) is 3.26. The fraction of sp³-hybridized carbons (Fsp3) is 0.471. The van der Waals surface area contributed by atoms with Gasteiger partial charge in [0.1, 0.15) is 5.82 Å². The van der Waals surface area contributed by atoms with Crippen molar-refractivity contribution in [1.29, 1.82) is 0 Å². The Morgan fingerprint density at radius 1 is 1.18 bits per heavy atom. The summed E-state index contributed by atoms with van der Waals surface area (Å²) < 4.78 is 1.93. The second kappa shape index (κ2) is 5.78. The van der Waals surface area contributed by atoms with Gasteiger partial charge in [-0.1, -0.05) is 44.0 Å². The molecule has 0 unspecified atom stereocenters. The molecular formula is C17H21Cl2N3. The summed E-state index contributed by atoms with van der Waals surface area (Å²) >= 11 is 12.5. The normalized spacial score (nSPS) is 15.1. The van der Waals surface area contributed by atoms with E-state index in [1.807, 2.05) is 16.8 Å². The molecule has 1 aliphatic heterocycles. The maximum absolute atomic E-state index is 6.39. The molecule has 0 fully saturated rings. The lowest BCUT2D eigenvalue weighted by Gasteiger charge is -2.17. The summed E-state index contributed by atoms with van der Waals surface area (Å²) in [6.07, 6.45) is 3.40. The van der Waals surface area contributed by atoms with Crippen molar-refractivity contribution >= 4 is 29.0 Å². The Morgan fingerprint density at radius 3 is 2.68 bits per heavy atom. The Labute approximate surface area is 141 Å². The maximum Gasteiger partial charge on any atom is 0.133 e. The fourth-order valence-electron chi connectivity index (χ4n) is 2.93. The average Bonchev–Trinajstić information content (AvgIpc) is 2.64. The Morgan fingerprint density at radius 2 is 1.95 bits per heavy atom. The van der Waals surface area contributed by atoms with Crippen LogP contribution < -0.4 is 5.32 Å². The number of rotatable bonds is 1. The molecule has 0 radical (unpaired) electrons. The van der Waals surface area contributed by atoms with Crippen LogP contribution in [0.4, 0.5) is 5.82 Å². The van der Waals surface area contributed by atoms with Gasteiger partial charge in [0.05, 0.1) is 16.4 Å². The van der Waals surface area contributed by atoms with Crippen LogP contribution in [0.25, 0.3) is 5.69 Å². The van der Waals surface area contributed by atoms with Crippen molar-refractivity contribution in [3.63, 3.8) is 0 Å². The molecule has 3 nitrogen and oxygen atoms in total. The van der Waals surface area contributed by atoms with Crippen molar-refractivity contribution in [2.24, 2.45) is 0 Å². The molecule has 22 heavy (non-hydrogen) atoms. The molecule has 1 aliphatic rings. The van der Waals surface area contributed by atoms with Crippen LogP contribution >= 0.6 is 23.2 Å². The molecular weight excluding hydrogens is 317 g/mol. The minimum absolute atomic E-state index is 0.00754. The summed E-state index contributed by atoms with van der Waals surface area (Å²) in [4.78, 5) is 0. The number of benzene rings is 1. The standard InChI is InChI=1S/C17H21Cl2N3/c1-17(2,3)15-12-6-4-5-9-20-16(12)22(21-15)14-10-11(18)7-8-13(14)19/h7-8,10,20H,4-6,9H2,1-3H3. The third-order valence-electron chi connectivity index (χ3n) is 3.98. The summed E-state index contributed by atoms with van der Waals surface area (Å²) in [6, 6.07) is 5.49. The van der Waals surface area contributed by atoms with Crippen LogP contribution in [-0.2, 0) is 11.8 Å². The highest BCUT2D eigenvalue weighted by molar-refractivity contribution is 6.34. The largest absolute Gasteiger partial charge is 0.370 e. The van der Waals surface area contributed by atoms with Crippen LogP contribution in [-0.4, -0.2) is 16.3 Å². The Balaban J connectivity index is 2.24. The lowest BCUT2D eigenvalue weighted by Crippen LogP contribution is -2.15. The number of anilines is 1. The predicted molar refractivity (Wildman–Crippen MR) is 93.7 cm³/mol. The molecule has 0 atom stereocenters. The maximum atomic E-state index is 6.39. The summed E-state index contributed by atoms with van der Waals surface area (Å²) in [6.45, 7) is 7.56. The van der Waals surface area contributed by atoms with Gasteiger partial charge in [-0.15, -0.1) is 0 Å². The molecule has 0 amide bonds. The highest BCUT2D eigenvalue weighted by atomic mass is 35.5. The van der Waals surface area contributed by atoms with Crippen LogP contribution in [0.5, 0.6) is 0 Å². The molecule has 0 aliphatic carbocycles. The van der Waals surface area contributed by atoms with E-state index in [-0.39, 0.29) is 5.41 Å². The van der Waals surface area contributed by atoms with Crippen molar-refractivity contribution in [3.05, 3.63) is 39.5 Å². The van der Waals surface area contributed by atoms with E-state index in [1.54, 1.807) is 6.07 Å². The minimum atomic E-state index is -0.00754. The van der Waals surface area contributed by atoms with Crippen LogP contribution in [0.2, 0.25) is 10.0 Å². The van der Waals surface area contributed by atoms with E-state index in [2.05, 4.69) is 26.1 Å². The van der Waals surface area contributed by atoms with E-state index in [4.69, 9.17) is 28.3 Å². The van der Waals surface area contributed by atoms with Gasteiger partial charge in [-0.25, -0.2) is 4.68 Å². The van der Waals surface area contributed by atoms with Crippen LogP contribution in [0.15, 0.2) is 18.2 Å². The van der Waals surface area contributed by atoms with Gasteiger partial charge in [-0.2, -0.15) is 5.10 Å². The molecule has 2 aromatic rings. The SMILES string of the molecule is CC(C)(C)c1nn(-c2cc(Cl)ccc2Cl)c2c1CCCCN2. The zero-order valence-corrected chi connectivity index (χ0v) is 14.7. The van der Waals surface area contributed by atoms with Gasteiger partial charge >= 0.3 is 0 Å². The van der Waals surface area contributed by atoms with E-state index >= 15 is 0 Å². The minimum Gasteiger partial charge on any atom is -0.370 e. The highest BCUT2D eigenvalue weighted by Gasteiger charge is 2.28. The lowest BCUT2D eigenvalue weighted by molar-refractivity contribution is 0.552. The summed E-state index contributed by atoms with van der Waals surface area (Å²) in [5.74, 6) is 1.06. The molecule has 0 saturated heterocycles. The molecule has 118 valence electrons. The van der Waals surface area contributed by atoms with Gasteiger partial charge in [0.2, 0.25) is 0 Å². The zero-order valence-electron chi connectivity index (χ0n) is 13.2. The first-order valence-corrected chi connectivity index (χ1v) is 8.45. The van der Waals surface area contributed by atoms with Crippen LogP contribution in [0.3, 0.4) is 0 Å². The molecule has 3 rings (SSSR count). The van der Waals surface area contributed by atoms with E-state index < -0.39 is 0 Å². The van der Waals surface area contributed by atoms with E-state index in [9.17, 15) is 0 Å². The number of nitrogens with one attached hydrogen (secondary N) is 1. The smallest absolute Gasteiger partial charge is 0.133 e. The Kier molecular flexibility index (Phi) is 4.13. The first kappa shape index (κ1) is 15.7. The van der Waals surface area contributed by atoms with E-state index in [0.717, 1.165) is 30.2 Å². The van der Waals surface area contributed by atoms with Crippen molar-refractivity contribution < 1.29 is 0 Å². The number of hydrogen-bond donors (Lipinski definition) is 1. The fourth-order valence-corrected chi connectivity index (χ4v) is 3.29. The van der Waals surface area contributed by atoms with Gasteiger partial charge in [-0.05, 0) is 37.5 Å². The van der Waals surface area contributed by atoms with Gasteiger partial charge in [0, 0.05) is 22.5 Å². The molecule has 5 heteroatoms. The molecule has 1 N–H and O–H groups in total. The van der Waals surface area contributed by atoms with Crippen LogP contribution in [0, 0.1) is 0 Å². The molecule has 2 heterocycles. The number of fused-ring (bicyclic) bond motifs is 1. The number of halogens is 2. The lowest BCUT2D eigenvalue weighted by atomic mass is 9.88. The van der Waals surface area contributed by atoms with Crippen molar-refractivity contribution in [1.82, 2.24) is 9.78 Å². The van der Waals surface area contributed by atoms with Gasteiger partial charge < -0.3 is 5.32 Å². The molecule has 1 aromatic carbocycles. The number of aromatic nitrogens is 2. The molecule has 1 aromatic heterocycles. The number of hydrogen-bond acceptors (Lipinski definition) is 2.